The van der Waals surface area contributed by atoms with Gasteiger partial charge >= 0.3 is 19.8 Å². The zero-order valence-electron chi connectivity index (χ0n) is 33.2. The lowest BCUT2D eigenvalue weighted by Crippen LogP contribution is -2.29. The van der Waals surface area contributed by atoms with Crippen molar-refractivity contribution in [2.45, 2.75) is 161 Å². The van der Waals surface area contributed by atoms with Crippen LogP contribution in [-0.2, 0) is 32.7 Å². The molecule has 9 nitrogen and oxygen atoms in total. The molecule has 0 aromatic rings. The molecule has 0 spiro atoms. The van der Waals surface area contributed by atoms with Crippen molar-refractivity contribution in [1.82, 2.24) is 0 Å². The first kappa shape index (κ1) is 50.5. The number of nitrogens with two attached hydrogens (primary N) is 1. The normalized spacial score (nSPS) is 14.1. The second-order valence-electron chi connectivity index (χ2n) is 13.1. The Bertz CT molecular complexity index is 1100. The van der Waals surface area contributed by atoms with E-state index in [4.69, 9.17) is 24.3 Å². The van der Waals surface area contributed by atoms with E-state index in [0.717, 1.165) is 70.6 Å². The van der Waals surface area contributed by atoms with E-state index in [9.17, 15) is 19.0 Å². The van der Waals surface area contributed by atoms with Crippen LogP contribution < -0.4 is 5.73 Å². The fraction of sp³-hybridized carbons (Fsp3) is 0.674. The molecule has 0 radical (unpaired) electrons. The minimum absolute atomic E-state index is 0.0412. The number of rotatable bonds is 37. The zero-order valence-corrected chi connectivity index (χ0v) is 34.1. The molecule has 0 amide bonds. The molecule has 0 rings (SSSR count). The Labute approximate surface area is 322 Å². The van der Waals surface area contributed by atoms with Gasteiger partial charge in [0.25, 0.3) is 0 Å². The molecule has 10 heteroatoms. The lowest BCUT2D eigenvalue weighted by Gasteiger charge is -2.19. The fourth-order valence-electron chi connectivity index (χ4n) is 5.07. The molecule has 0 aliphatic rings. The first-order valence-electron chi connectivity index (χ1n) is 20.4. The molecule has 1 unspecified atom stereocenters. The summed E-state index contributed by atoms with van der Waals surface area (Å²) >= 11 is 0. The Morgan fingerprint density at radius 2 is 1.06 bits per heavy atom. The lowest BCUT2D eigenvalue weighted by molar-refractivity contribution is -0.161. The molecule has 0 aromatic carbocycles. The number of carbonyl (C=O) groups is 2. The molecule has 0 heterocycles. The Morgan fingerprint density at radius 3 is 1.62 bits per heavy atom. The van der Waals surface area contributed by atoms with Crippen molar-refractivity contribution in [3.05, 3.63) is 72.9 Å². The highest BCUT2D eigenvalue weighted by Crippen LogP contribution is 2.43. The summed E-state index contributed by atoms with van der Waals surface area (Å²) in [5.74, 6) is -0.913. The molecule has 2 atom stereocenters. The monoisotopic (exact) mass is 764 g/mol. The van der Waals surface area contributed by atoms with Crippen molar-refractivity contribution in [1.29, 1.82) is 0 Å². The number of phosphoric ester groups is 1. The molecule has 0 saturated heterocycles. The third-order valence-electron chi connectivity index (χ3n) is 8.08. The van der Waals surface area contributed by atoms with Gasteiger partial charge in [0.05, 0.1) is 13.2 Å². The smallest absolute Gasteiger partial charge is 0.462 e. The lowest BCUT2D eigenvalue weighted by atomic mass is 10.1. The average Bonchev–Trinajstić information content (AvgIpc) is 3.14. The van der Waals surface area contributed by atoms with Crippen molar-refractivity contribution in [2.75, 3.05) is 26.4 Å². The van der Waals surface area contributed by atoms with E-state index < -0.39 is 32.5 Å². The second kappa shape index (κ2) is 39.2. The predicted molar refractivity (Wildman–Crippen MR) is 219 cm³/mol. The van der Waals surface area contributed by atoms with Gasteiger partial charge in [0.15, 0.2) is 6.10 Å². The summed E-state index contributed by atoms with van der Waals surface area (Å²) in [6, 6.07) is 0. The quantitative estimate of drug-likeness (QED) is 0.0274. The van der Waals surface area contributed by atoms with Crippen molar-refractivity contribution >= 4 is 19.8 Å². The predicted octanol–water partition coefficient (Wildman–Crippen LogP) is 11.5. The molecule has 0 aliphatic heterocycles. The van der Waals surface area contributed by atoms with Crippen molar-refractivity contribution in [3.8, 4) is 0 Å². The van der Waals surface area contributed by atoms with E-state index in [1.807, 2.05) is 6.08 Å². The van der Waals surface area contributed by atoms with E-state index in [0.29, 0.717) is 12.8 Å². The molecule has 304 valence electrons. The van der Waals surface area contributed by atoms with Gasteiger partial charge in [-0.2, -0.15) is 0 Å². The number of hydrogen-bond donors (Lipinski definition) is 2. The minimum atomic E-state index is -4.39. The summed E-state index contributed by atoms with van der Waals surface area (Å²) in [5.41, 5.74) is 5.33. The molecule has 0 saturated carbocycles. The molecule has 3 N–H and O–H groups in total. The average molecular weight is 764 g/mol. The van der Waals surface area contributed by atoms with Gasteiger partial charge in [-0.3, -0.25) is 18.6 Å². The highest BCUT2D eigenvalue weighted by Gasteiger charge is 2.25. The summed E-state index contributed by atoms with van der Waals surface area (Å²) in [7, 11) is -4.39. The fourth-order valence-corrected chi connectivity index (χ4v) is 5.84. The van der Waals surface area contributed by atoms with Crippen LogP contribution in [0.25, 0.3) is 0 Å². The summed E-state index contributed by atoms with van der Waals surface area (Å²) < 4.78 is 32.6. The van der Waals surface area contributed by atoms with E-state index in [1.165, 1.54) is 44.9 Å². The van der Waals surface area contributed by atoms with Crippen LogP contribution in [-0.4, -0.2) is 49.3 Å². The number of allylic oxidation sites excluding steroid dienone is 12. The van der Waals surface area contributed by atoms with Crippen LogP contribution in [0.5, 0.6) is 0 Å². The van der Waals surface area contributed by atoms with E-state index in [1.54, 1.807) is 0 Å². The van der Waals surface area contributed by atoms with E-state index in [-0.39, 0.29) is 32.6 Å². The van der Waals surface area contributed by atoms with Crippen LogP contribution >= 0.6 is 7.82 Å². The molecule has 0 aliphatic carbocycles. The van der Waals surface area contributed by atoms with Crippen molar-refractivity contribution in [2.24, 2.45) is 5.73 Å². The summed E-state index contributed by atoms with van der Waals surface area (Å²) in [6.07, 6.45) is 46.5. The maximum absolute atomic E-state index is 12.5. The highest BCUT2D eigenvalue weighted by molar-refractivity contribution is 7.47. The molecule has 0 bridgehead atoms. The van der Waals surface area contributed by atoms with Gasteiger partial charge in [-0.05, 0) is 77.0 Å². The Hall–Kier alpha value is -2.55. The van der Waals surface area contributed by atoms with E-state index in [2.05, 4.69) is 80.7 Å². The summed E-state index contributed by atoms with van der Waals surface area (Å²) in [4.78, 5) is 34.8. The van der Waals surface area contributed by atoms with Crippen molar-refractivity contribution < 1.29 is 37.6 Å². The third kappa shape index (κ3) is 39.0. The number of ether oxygens (including phenoxy) is 2. The van der Waals surface area contributed by atoms with E-state index >= 15 is 0 Å². The number of hydrogen-bond acceptors (Lipinski definition) is 8. The van der Waals surface area contributed by atoms with Gasteiger partial charge in [0.1, 0.15) is 6.61 Å². The van der Waals surface area contributed by atoms with Crippen LogP contribution in [0.3, 0.4) is 0 Å². The minimum Gasteiger partial charge on any atom is -0.462 e. The van der Waals surface area contributed by atoms with Gasteiger partial charge in [-0.25, -0.2) is 4.57 Å². The van der Waals surface area contributed by atoms with Crippen molar-refractivity contribution in [3.63, 3.8) is 0 Å². The van der Waals surface area contributed by atoms with Crippen LogP contribution in [0.4, 0.5) is 0 Å². The van der Waals surface area contributed by atoms with Crippen LogP contribution in [0.15, 0.2) is 72.9 Å². The summed E-state index contributed by atoms with van der Waals surface area (Å²) in [5, 5.41) is 0. The van der Waals surface area contributed by atoms with Crippen LogP contribution in [0, 0.1) is 0 Å². The Morgan fingerprint density at radius 1 is 0.585 bits per heavy atom. The topological polar surface area (TPSA) is 134 Å². The number of carbonyl (C=O) groups excluding carboxylic acids is 2. The van der Waals surface area contributed by atoms with Gasteiger partial charge in [0, 0.05) is 19.4 Å². The van der Waals surface area contributed by atoms with Gasteiger partial charge in [-0.15, -0.1) is 0 Å². The largest absolute Gasteiger partial charge is 0.472 e. The number of esters is 2. The molecule has 0 aromatic heterocycles. The second-order valence-corrected chi connectivity index (χ2v) is 14.6. The zero-order chi connectivity index (χ0) is 38.9. The Kier molecular flexibility index (Phi) is 37.3. The maximum Gasteiger partial charge on any atom is 0.472 e. The summed E-state index contributed by atoms with van der Waals surface area (Å²) in [6.45, 7) is 3.52. The maximum atomic E-state index is 12.5. The first-order chi connectivity index (χ1) is 25.8. The Balaban J connectivity index is 4.31. The number of unbranched alkanes of at least 4 members (excludes halogenated alkanes) is 12. The van der Waals surface area contributed by atoms with Crippen LogP contribution in [0.2, 0.25) is 0 Å². The van der Waals surface area contributed by atoms with Gasteiger partial charge in [-0.1, -0.05) is 138 Å². The molecule has 0 fully saturated rings. The van der Waals surface area contributed by atoms with Crippen LogP contribution in [0.1, 0.15) is 155 Å². The van der Waals surface area contributed by atoms with Gasteiger partial charge in [0.2, 0.25) is 0 Å². The molecular weight excluding hydrogens is 689 g/mol. The molecular formula is C43H74NO8P. The van der Waals surface area contributed by atoms with Gasteiger partial charge < -0.3 is 20.1 Å². The molecule has 53 heavy (non-hydrogen) atoms. The SMILES string of the molecule is CC/C=C/C/C=C/C/C=C/C/C=C/C/C=C/CCCC(=O)OC[C@H](COP(=O)(O)OCCN)OC(=O)CCCCCCC/C=C/CCCCCCCC. The highest BCUT2D eigenvalue weighted by atomic mass is 31.2. The third-order valence-corrected chi connectivity index (χ3v) is 9.06. The first-order valence-corrected chi connectivity index (χ1v) is 21.9. The standard InChI is InChI=1S/C43H74NO8P/c1-3-5-7-9-11-13-15-17-19-20-22-23-25-27-29-31-33-35-42(45)49-39-41(40-51-53(47,48)50-38-37-44)52-43(46)36-34-32-30-28-26-24-21-18-16-14-12-10-8-6-4-2/h5,7,11,13,17-19,21-23,27,29,41H,3-4,6,8-10,12,14-16,20,24-26,28,30-40,44H2,1-2H3,(H,47,48)/b7-5+,13-11+,19-17+,21-18+,23-22+,29-27+/t41-/m1/s1. The number of phosphoric acid groups is 1.